The molecule has 0 N–H and O–H groups in total. The first-order chi connectivity index (χ1) is 5.95. The Bertz CT molecular complexity index is 178. The Labute approximate surface area is 123 Å². The molecule has 0 unspecified atom stereocenters. The van der Waals surface area contributed by atoms with Crippen LogP contribution < -0.4 is 0 Å². The molecule has 8 heteroatoms. The van der Waals surface area contributed by atoms with Crippen LogP contribution in [0.3, 0.4) is 0 Å². The van der Waals surface area contributed by atoms with E-state index in [1.807, 2.05) is 57.5 Å². The van der Waals surface area contributed by atoms with Gasteiger partial charge in [-0.3, -0.25) is 0 Å². The molecule has 0 aromatic carbocycles. The third-order valence-electron chi connectivity index (χ3n) is 1.10. The fourth-order valence-electron chi connectivity index (χ4n) is 0.388. The van der Waals surface area contributed by atoms with Gasteiger partial charge in [-0.25, -0.2) is 0 Å². The van der Waals surface area contributed by atoms with Gasteiger partial charge in [-0.15, -0.1) is 0 Å². The topological polar surface area (TPSA) is 6.48 Å². The van der Waals surface area contributed by atoms with E-state index >= 15 is 0 Å². The van der Waals surface area contributed by atoms with Crippen molar-refractivity contribution in [2.75, 3.05) is 28.2 Å². The van der Waals surface area contributed by atoms with Crippen molar-refractivity contribution in [3.05, 3.63) is 0 Å². The van der Waals surface area contributed by atoms with Crippen LogP contribution in [0.1, 0.15) is 0 Å². The summed E-state index contributed by atoms with van der Waals surface area (Å²) in [6.45, 7) is 0. The molecule has 0 aliphatic carbocycles. The van der Waals surface area contributed by atoms with E-state index in [0.717, 1.165) is 8.64 Å². The summed E-state index contributed by atoms with van der Waals surface area (Å²) in [4.78, 5) is 3.95. The van der Waals surface area contributed by atoms with Gasteiger partial charge >= 0.3 is 105 Å². The van der Waals surface area contributed by atoms with Gasteiger partial charge in [0.2, 0.25) is 0 Å². The molecule has 0 aromatic heterocycles. The van der Waals surface area contributed by atoms with E-state index in [4.69, 9.17) is 24.4 Å². The molecule has 0 rings (SSSR count). The Morgan fingerprint density at radius 3 is 1.43 bits per heavy atom. The van der Waals surface area contributed by atoms with Crippen molar-refractivity contribution in [3.8, 4) is 0 Å². The second kappa shape index (κ2) is 9.92. The molecule has 0 bridgehead atoms. The maximum atomic E-state index is 5.16. The summed E-state index contributed by atoms with van der Waals surface area (Å²) in [7, 11) is 11.6. The van der Waals surface area contributed by atoms with Crippen LogP contribution in [0.2, 0.25) is 0 Å². The molecule has 74 valence electrons. The molecular weight excluding hydrogens is 359 g/mol. The zero-order chi connectivity index (χ0) is 10.4. The van der Waals surface area contributed by atoms with Crippen LogP contribution in [-0.4, -0.2) is 46.6 Å². The van der Waals surface area contributed by atoms with Crippen LogP contribution in [0.5, 0.6) is 0 Å². The minimum atomic E-state index is -0.716. The molecule has 0 amide bonds. The molecule has 0 spiro atoms. The second-order valence-corrected chi connectivity index (χ2v) is 14.4. The van der Waals surface area contributed by atoms with Gasteiger partial charge in [0.15, 0.2) is 0 Å². The second-order valence-electron chi connectivity index (χ2n) is 2.73. The predicted molar refractivity (Wildman–Crippen MR) is 67.8 cm³/mol. The Balaban J connectivity index is 0. The monoisotopic (exact) mass is 368 g/mol. The average Bonchev–Trinajstić information content (AvgIpc) is 2.03. The van der Waals surface area contributed by atoms with Crippen molar-refractivity contribution in [3.63, 3.8) is 0 Å². The molecule has 0 radical (unpaired) electrons. The molecule has 0 heterocycles. The van der Waals surface area contributed by atoms with Crippen molar-refractivity contribution < 1.29 is 34.2 Å². The summed E-state index contributed by atoms with van der Waals surface area (Å²) in [6, 6.07) is 0. The zero-order valence-electron chi connectivity index (χ0n) is 8.94. The fourth-order valence-corrected chi connectivity index (χ4v) is 14.6. The van der Waals surface area contributed by atoms with Crippen LogP contribution >= 0.6 is 43.9 Å². The maximum Gasteiger partial charge on any atom is 0 e. The van der Waals surface area contributed by atoms with Gasteiger partial charge in [0, 0.05) is 19.5 Å². The Kier molecular flexibility index (Phi) is 12.8. The third kappa shape index (κ3) is 8.99. The van der Waals surface area contributed by atoms with E-state index in [9.17, 15) is 0 Å². The first-order valence-electron chi connectivity index (χ1n) is 3.63. The number of hydrogen-bond donors (Lipinski definition) is 0. The molecule has 0 aromatic rings. The summed E-state index contributed by atoms with van der Waals surface area (Å²) in [5.41, 5.74) is 0. The van der Waals surface area contributed by atoms with Crippen LogP contribution in [0.25, 0.3) is 0 Å². The molecule has 0 saturated heterocycles. The van der Waals surface area contributed by atoms with Crippen molar-refractivity contribution in [2.24, 2.45) is 0 Å². The molecule has 2 nitrogen and oxygen atoms in total. The first kappa shape index (κ1) is 18.1. The third-order valence-corrected chi connectivity index (χ3v) is 15.2. The van der Waals surface area contributed by atoms with Crippen molar-refractivity contribution in [2.45, 2.75) is 0 Å². The van der Waals surface area contributed by atoms with Crippen LogP contribution in [0, 0.1) is 0 Å². The van der Waals surface area contributed by atoms with Crippen molar-refractivity contribution in [1.29, 1.82) is 0 Å². The van der Waals surface area contributed by atoms with Crippen molar-refractivity contribution in [1.82, 2.24) is 9.80 Å². The molecule has 0 fully saturated rings. The smallest absolute Gasteiger partial charge is 0 e. The van der Waals surface area contributed by atoms with Gasteiger partial charge in [-0.05, 0) is 0 Å². The van der Waals surface area contributed by atoms with Gasteiger partial charge in [0.25, 0.3) is 0 Å². The number of hydrogen-bond acceptors (Lipinski definition) is 4. The van der Waals surface area contributed by atoms with Crippen LogP contribution in [-0.2, 0) is 34.2 Å². The maximum absolute atomic E-state index is 5.16. The molecular formula is C6H12N2S4Zn2. The average molecular weight is 371 g/mol. The largest absolute Gasteiger partial charge is 0 e. The van der Waals surface area contributed by atoms with E-state index in [1.165, 1.54) is 0 Å². The standard InChI is InChI=1S/2C3H7NS2.2Zn/c2*1-4(2)3(5)6;;/h2*1-2H3,(H,5,6);;/q;;;+2/p-2. The molecule has 0 aliphatic rings. The number of rotatable bonds is 2. The van der Waals surface area contributed by atoms with Gasteiger partial charge in [-0.2, -0.15) is 0 Å². The predicted octanol–water partition coefficient (Wildman–Crippen LogP) is 2.06. The number of nitrogens with zero attached hydrogens (tertiary/aromatic N) is 2. The Morgan fingerprint density at radius 1 is 0.929 bits per heavy atom. The van der Waals surface area contributed by atoms with Crippen molar-refractivity contribution >= 4 is 52.6 Å². The van der Waals surface area contributed by atoms with Crippen LogP contribution in [0.15, 0.2) is 0 Å². The van der Waals surface area contributed by atoms with Gasteiger partial charge in [0.1, 0.15) is 0 Å². The normalized spacial score (nSPS) is 8.29. The number of thiocarbonyl (C=S) groups is 2. The van der Waals surface area contributed by atoms with E-state index < -0.39 is 14.7 Å². The van der Waals surface area contributed by atoms with Gasteiger partial charge in [-0.1, -0.05) is 0 Å². The summed E-state index contributed by atoms with van der Waals surface area (Å²) in [6.07, 6.45) is 0. The quantitative estimate of drug-likeness (QED) is 0.538. The summed E-state index contributed by atoms with van der Waals surface area (Å²) in [5.74, 6) is 0. The summed E-state index contributed by atoms with van der Waals surface area (Å²) < 4.78 is 1.96. The Hall–Kier alpha value is 1.73. The zero-order valence-corrected chi connectivity index (χ0v) is 18.1. The van der Waals surface area contributed by atoms with E-state index in [2.05, 4.69) is 0 Å². The first-order valence-corrected chi connectivity index (χ1v) is 13.7. The van der Waals surface area contributed by atoms with E-state index in [1.54, 1.807) is 0 Å². The Morgan fingerprint density at radius 2 is 1.21 bits per heavy atom. The van der Waals surface area contributed by atoms with Gasteiger partial charge < -0.3 is 0 Å². The summed E-state index contributed by atoms with van der Waals surface area (Å²) >= 11 is 9.61. The van der Waals surface area contributed by atoms with Gasteiger partial charge in [0.05, 0.1) is 0 Å². The SMILES string of the molecule is CN(C)C(=S)[S][Zn][S]C(=S)N(C)C.[Zn]. The minimum Gasteiger partial charge on any atom is 0 e. The molecule has 0 aliphatic heterocycles. The minimum absolute atomic E-state index is 0. The molecule has 0 atom stereocenters. The molecule has 0 saturated carbocycles. The fraction of sp³-hybridized carbons (Fsp3) is 0.667. The summed E-state index contributed by atoms with van der Waals surface area (Å²) in [5, 5.41) is 0. The molecule has 14 heavy (non-hydrogen) atoms. The van der Waals surface area contributed by atoms with E-state index in [0.29, 0.717) is 0 Å². The van der Waals surface area contributed by atoms with E-state index in [-0.39, 0.29) is 19.5 Å². The van der Waals surface area contributed by atoms with Crippen LogP contribution in [0.4, 0.5) is 0 Å².